The molecule has 0 saturated carbocycles. The quantitative estimate of drug-likeness (QED) is 0.670. The van der Waals surface area contributed by atoms with Crippen LogP contribution >= 0.6 is 11.8 Å². The number of nitrogens with zero attached hydrogens (tertiary/aromatic N) is 2. The van der Waals surface area contributed by atoms with E-state index >= 15 is 0 Å². The largest absolute Gasteiger partial charge is 0.454 e. The minimum absolute atomic E-state index is 0.123. The van der Waals surface area contributed by atoms with Gasteiger partial charge in [0.05, 0.1) is 6.54 Å². The second kappa shape index (κ2) is 9.41. The molecule has 0 aliphatic carbocycles. The summed E-state index contributed by atoms with van der Waals surface area (Å²) in [5, 5.41) is -0.131. The van der Waals surface area contributed by atoms with Crippen LogP contribution in [0.15, 0.2) is 54.6 Å². The van der Waals surface area contributed by atoms with Crippen molar-refractivity contribution < 1.29 is 19.1 Å². The molecule has 146 valence electrons. The van der Waals surface area contributed by atoms with Crippen molar-refractivity contribution in [1.29, 1.82) is 0 Å². The van der Waals surface area contributed by atoms with Gasteiger partial charge in [0.25, 0.3) is 11.1 Å². The van der Waals surface area contributed by atoms with Gasteiger partial charge in [0.1, 0.15) is 6.54 Å². The van der Waals surface area contributed by atoms with E-state index in [1.54, 1.807) is 4.90 Å². The standard InChI is InChI=1S/C21H22N2O4S/c1-16-6-5-9-18(12-16)23(13-17-7-3-2-4-8-17)19(24)15-27-20(25)14-22-10-11-28-21(22)26/h2-9,12H,10-11,13-15H2,1H3. The Hall–Kier alpha value is -2.80. The van der Waals surface area contributed by atoms with Crippen molar-refractivity contribution in [2.75, 3.05) is 30.3 Å². The number of esters is 1. The Balaban J connectivity index is 1.66. The van der Waals surface area contributed by atoms with E-state index in [1.165, 1.54) is 16.7 Å². The van der Waals surface area contributed by atoms with Crippen LogP contribution < -0.4 is 4.90 Å². The predicted octanol–water partition coefficient (Wildman–Crippen LogP) is 3.24. The molecule has 0 unspecified atom stereocenters. The summed E-state index contributed by atoms with van der Waals surface area (Å²) < 4.78 is 5.15. The highest BCUT2D eigenvalue weighted by Gasteiger charge is 2.25. The van der Waals surface area contributed by atoms with Crippen molar-refractivity contribution in [3.63, 3.8) is 0 Å². The Labute approximate surface area is 168 Å². The summed E-state index contributed by atoms with van der Waals surface area (Å²) in [6.45, 7) is 2.37. The number of carbonyl (C=O) groups excluding carboxylic acids is 3. The number of rotatable bonds is 7. The first-order chi connectivity index (χ1) is 13.5. The number of aryl methyl sites for hydroxylation is 1. The summed E-state index contributed by atoms with van der Waals surface area (Å²) in [6, 6.07) is 17.3. The molecule has 0 radical (unpaired) electrons. The Morgan fingerprint density at radius 3 is 2.61 bits per heavy atom. The zero-order valence-corrected chi connectivity index (χ0v) is 16.5. The average Bonchev–Trinajstić information content (AvgIpc) is 3.09. The fourth-order valence-electron chi connectivity index (χ4n) is 2.88. The number of thioether (sulfide) groups is 1. The van der Waals surface area contributed by atoms with E-state index in [-0.39, 0.29) is 24.3 Å². The van der Waals surface area contributed by atoms with Gasteiger partial charge < -0.3 is 14.5 Å². The molecule has 1 heterocycles. The van der Waals surface area contributed by atoms with Crippen LogP contribution in [0.4, 0.5) is 10.5 Å². The summed E-state index contributed by atoms with van der Waals surface area (Å²) in [6.07, 6.45) is 0. The minimum Gasteiger partial charge on any atom is -0.454 e. The summed E-state index contributed by atoms with van der Waals surface area (Å²) >= 11 is 1.18. The summed E-state index contributed by atoms with van der Waals surface area (Å²) in [7, 11) is 0. The maximum atomic E-state index is 12.8. The van der Waals surface area contributed by atoms with Gasteiger partial charge in [-0.05, 0) is 30.2 Å². The highest BCUT2D eigenvalue weighted by molar-refractivity contribution is 8.13. The van der Waals surface area contributed by atoms with Crippen molar-refractivity contribution in [3.8, 4) is 0 Å². The van der Waals surface area contributed by atoms with Gasteiger partial charge in [-0.2, -0.15) is 0 Å². The molecule has 1 aliphatic rings. The van der Waals surface area contributed by atoms with E-state index in [2.05, 4.69) is 0 Å². The van der Waals surface area contributed by atoms with Crippen LogP contribution in [-0.4, -0.2) is 47.5 Å². The van der Waals surface area contributed by atoms with E-state index < -0.39 is 5.97 Å². The molecule has 6 nitrogen and oxygen atoms in total. The maximum absolute atomic E-state index is 12.8. The molecule has 7 heteroatoms. The molecule has 0 bridgehead atoms. The van der Waals surface area contributed by atoms with Gasteiger partial charge in [0.15, 0.2) is 6.61 Å². The zero-order chi connectivity index (χ0) is 19.9. The third-order valence-corrected chi connectivity index (χ3v) is 5.21. The van der Waals surface area contributed by atoms with Gasteiger partial charge in [-0.15, -0.1) is 0 Å². The highest BCUT2D eigenvalue weighted by atomic mass is 32.2. The minimum atomic E-state index is -0.576. The highest BCUT2D eigenvalue weighted by Crippen LogP contribution is 2.20. The Morgan fingerprint density at radius 1 is 1.14 bits per heavy atom. The fourth-order valence-corrected chi connectivity index (χ4v) is 3.70. The van der Waals surface area contributed by atoms with Gasteiger partial charge in [0, 0.05) is 18.0 Å². The molecule has 0 spiro atoms. The van der Waals surface area contributed by atoms with Gasteiger partial charge in [-0.25, -0.2) is 0 Å². The SMILES string of the molecule is Cc1cccc(N(Cc2ccccc2)C(=O)COC(=O)CN2CCSC2=O)c1. The van der Waals surface area contributed by atoms with Crippen LogP contribution in [0.25, 0.3) is 0 Å². The predicted molar refractivity (Wildman–Crippen MR) is 109 cm³/mol. The lowest BCUT2D eigenvalue weighted by molar-refractivity contribution is -0.148. The van der Waals surface area contributed by atoms with E-state index in [4.69, 9.17) is 4.74 Å². The number of benzene rings is 2. The third-order valence-electron chi connectivity index (χ3n) is 4.32. The molecule has 3 rings (SSSR count). The maximum Gasteiger partial charge on any atom is 0.326 e. The van der Waals surface area contributed by atoms with E-state index in [0.717, 1.165) is 16.8 Å². The molecular weight excluding hydrogens is 376 g/mol. The van der Waals surface area contributed by atoms with Crippen LogP contribution in [0.2, 0.25) is 0 Å². The van der Waals surface area contributed by atoms with Crippen molar-refractivity contribution in [1.82, 2.24) is 4.90 Å². The van der Waals surface area contributed by atoms with Crippen LogP contribution in [0, 0.1) is 6.92 Å². The van der Waals surface area contributed by atoms with Gasteiger partial charge in [0.2, 0.25) is 0 Å². The number of carbonyl (C=O) groups is 3. The number of ether oxygens (including phenoxy) is 1. The van der Waals surface area contributed by atoms with E-state index in [0.29, 0.717) is 18.8 Å². The molecule has 2 aromatic carbocycles. The number of hydrogen-bond donors (Lipinski definition) is 0. The van der Waals surface area contributed by atoms with Crippen LogP contribution in [-0.2, 0) is 20.9 Å². The smallest absolute Gasteiger partial charge is 0.326 e. The second-order valence-corrected chi connectivity index (χ2v) is 7.55. The van der Waals surface area contributed by atoms with Crippen LogP contribution in [0.1, 0.15) is 11.1 Å². The Bertz CT molecular complexity index is 856. The molecule has 28 heavy (non-hydrogen) atoms. The fraction of sp³-hybridized carbons (Fsp3) is 0.286. The van der Waals surface area contributed by atoms with Crippen molar-refractivity contribution in [2.24, 2.45) is 0 Å². The lowest BCUT2D eigenvalue weighted by Gasteiger charge is -2.23. The zero-order valence-electron chi connectivity index (χ0n) is 15.7. The van der Waals surface area contributed by atoms with E-state index in [1.807, 2.05) is 61.5 Å². The van der Waals surface area contributed by atoms with Gasteiger partial charge in [-0.3, -0.25) is 14.4 Å². The van der Waals surface area contributed by atoms with Gasteiger partial charge in [-0.1, -0.05) is 54.2 Å². The first kappa shape index (κ1) is 19.9. The molecule has 1 aliphatic heterocycles. The molecule has 0 N–H and O–H groups in total. The van der Waals surface area contributed by atoms with Crippen molar-refractivity contribution in [2.45, 2.75) is 13.5 Å². The number of anilines is 1. The Kier molecular flexibility index (Phi) is 6.71. The lowest BCUT2D eigenvalue weighted by Crippen LogP contribution is -2.36. The molecule has 2 amide bonds. The first-order valence-corrected chi connectivity index (χ1v) is 10.00. The molecule has 0 atom stereocenters. The van der Waals surface area contributed by atoms with Crippen molar-refractivity contribution in [3.05, 3.63) is 65.7 Å². The Morgan fingerprint density at radius 2 is 1.93 bits per heavy atom. The van der Waals surface area contributed by atoms with Gasteiger partial charge >= 0.3 is 5.97 Å². The molecule has 2 aromatic rings. The molecule has 0 aromatic heterocycles. The lowest BCUT2D eigenvalue weighted by atomic mass is 10.1. The topological polar surface area (TPSA) is 66.9 Å². The molecular formula is C21H22N2O4S. The molecule has 1 saturated heterocycles. The summed E-state index contributed by atoms with van der Waals surface area (Å²) in [5.74, 6) is -0.221. The van der Waals surface area contributed by atoms with Crippen LogP contribution in [0.3, 0.4) is 0 Å². The normalized spacial score (nSPS) is 13.5. The number of hydrogen-bond acceptors (Lipinski definition) is 5. The van der Waals surface area contributed by atoms with Crippen molar-refractivity contribution >= 4 is 34.6 Å². The van der Waals surface area contributed by atoms with Crippen LogP contribution in [0.5, 0.6) is 0 Å². The second-order valence-electron chi connectivity index (χ2n) is 6.50. The first-order valence-electron chi connectivity index (χ1n) is 9.01. The summed E-state index contributed by atoms with van der Waals surface area (Å²) in [4.78, 5) is 39.5. The monoisotopic (exact) mass is 398 g/mol. The van der Waals surface area contributed by atoms with E-state index in [9.17, 15) is 14.4 Å². The average molecular weight is 398 g/mol. The molecule has 1 fully saturated rings. The number of amides is 2. The third kappa shape index (κ3) is 5.36. The summed E-state index contributed by atoms with van der Waals surface area (Å²) in [5.41, 5.74) is 2.75.